The van der Waals surface area contributed by atoms with Gasteiger partial charge in [-0.25, -0.2) is 8.42 Å². The van der Waals surface area contributed by atoms with Gasteiger partial charge in [-0.3, -0.25) is 0 Å². The van der Waals surface area contributed by atoms with E-state index in [1.165, 1.54) is 22.5 Å². The highest BCUT2D eigenvalue weighted by molar-refractivity contribution is 7.89. The van der Waals surface area contributed by atoms with Crippen LogP contribution in [0.4, 0.5) is 0 Å². The van der Waals surface area contributed by atoms with E-state index in [0.717, 1.165) is 6.42 Å². The fourth-order valence-electron chi connectivity index (χ4n) is 2.33. The first-order chi connectivity index (χ1) is 8.80. The maximum Gasteiger partial charge on any atom is 0.243 e. The molecule has 1 aromatic rings. The summed E-state index contributed by atoms with van der Waals surface area (Å²) in [4.78, 5) is 0.156. The molecule has 1 aromatic carbocycles. The molecule has 2 rings (SSSR count). The minimum absolute atomic E-state index is 0.124. The molecule has 1 saturated heterocycles. The smallest absolute Gasteiger partial charge is 0.243 e. The molecule has 1 heterocycles. The lowest BCUT2D eigenvalue weighted by Gasteiger charge is -2.33. The van der Waals surface area contributed by atoms with Crippen molar-refractivity contribution in [3.63, 3.8) is 0 Å². The van der Waals surface area contributed by atoms with Crippen LogP contribution in [0.1, 0.15) is 13.3 Å². The van der Waals surface area contributed by atoms with Crippen LogP contribution in [0.3, 0.4) is 0 Å². The Morgan fingerprint density at radius 1 is 1.26 bits per heavy atom. The second-order valence-electron chi connectivity index (χ2n) is 5.00. The third kappa shape index (κ3) is 3.23. The zero-order valence-electron chi connectivity index (χ0n) is 10.5. The summed E-state index contributed by atoms with van der Waals surface area (Å²) in [6.45, 7) is 2.82. The number of halogens is 2. The van der Waals surface area contributed by atoms with Crippen LogP contribution in [0.15, 0.2) is 23.1 Å². The van der Waals surface area contributed by atoms with Gasteiger partial charge < -0.3 is 5.73 Å². The van der Waals surface area contributed by atoms with E-state index in [2.05, 4.69) is 0 Å². The number of nitrogens with two attached hydrogens (primary N) is 1. The summed E-state index contributed by atoms with van der Waals surface area (Å²) < 4.78 is 26.4. The summed E-state index contributed by atoms with van der Waals surface area (Å²) in [5.41, 5.74) is 5.89. The number of hydrogen-bond acceptors (Lipinski definition) is 3. The summed E-state index contributed by atoms with van der Waals surface area (Å²) >= 11 is 11.7. The molecule has 0 bridgehead atoms. The number of sulfonamides is 1. The lowest BCUT2D eigenvalue weighted by Crippen LogP contribution is -2.48. The Bertz CT molecular complexity index is 567. The van der Waals surface area contributed by atoms with E-state index in [1.807, 2.05) is 6.92 Å². The molecular weight excluding hydrogens is 307 g/mol. The van der Waals surface area contributed by atoms with E-state index >= 15 is 0 Å². The van der Waals surface area contributed by atoms with Gasteiger partial charge in [-0.05, 0) is 30.5 Å². The zero-order chi connectivity index (χ0) is 14.2. The van der Waals surface area contributed by atoms with Crippen molar-refractivity contribution in [3.05, 3.63) is 28.2 Å². The number of benzene rings is 1. The molecule has 2 N–H and O–H groups in total. The molecular formula is C12H16Cl2N2O2S. The van der Waals surface area contributed by atoms with Gasteiger partial charge in [-0.1, -0.05) is 30.1 Å². The van der Waals surface area contributed by atoms with Crippen molar-refractivity contribution in [1.29, 1.82) is 0 Å². The highest BCUT2D eigenvalue weighted by Crippen LogP contribution is 2.28. The maximum absolute atomic E-state index is 12.5. The van der Waals surface area contributed by atoms with Crippen molar-refractivity contribution in [2.45, 2.75) is 24.3 Å². The quantitative estimate of drug-likeness (QED) is 0.909. The first-order valence-electron chi connectivity index (χ1n) is 6.01. The molecule has 0 aromatic heterocycles. The van der Waals surface area contributed by atoms with Gasteiger partial charge in [0.1, 0.15) is 0 Å². The lowest BCUT2D eigenvalue weighted by atomic mass is 9.99. The van der Waals surface area contributed by atoms with Crippen LogP contribution in [0.2, 0.25) is 10.0 Å². The van der Waals surface area contributed by atoms with Crippen LogP contribution >= 0.6 is 23.2 Å². The van der Waals surface area contributed by atoms with E-state index in [1.54, 1.807) is 0 Å². The number of piperidine rings is 1. The van der Waals surface area contributed by atoms with Crippen molar-refractivity contribution < 1.29 is 8.42 Å². The Morgan fingerprint density at radius 3 is 2.53 bits per heavy atom. The van der Waals surface area contributed by atoms with Gasteiger partial charge in [0.15, 0.2) is 0 Å². The van der Waals surface area contributed by atoms with Crippen LogP contribution in [0, 0.1) is 5.92 Å². The highest BCUT2D eigenvalue weighted by atomic mass is 35.5. The molecule has 0 spiro atoms. The van der Waals surface area contributed by atoms with Gasteiger partial charge in [-0.15, -0.1) is 0 Å². The largest absolute Gasteiger partial charge is 0.326 e. The molecule has 19 heavy (non-hydrogen) atoms. The normalized spacial score (nSPS) is 25.5. The minimum Gasteiger partial charge on any atom is -0.326 e. The molecule has 1 aliphatic heterocycles. The van der Waals surface area contributed by atoms with Gasteiger partial charge in [0.05, 0.1) is 14.9 Å². The first-order valence-corrected chi connectivity index (χ1v) is 8.21. The van der Waals surface area contributed by atoms with Gasteiger partial charge >= 0.3 is 0 Å². The molecule has 7 heteroatoms. The van der Waals surface area contributed by atoms with Crippen molar-refractivity contribution in [3.8, 4) is 0 Å². The summed E-state index contributed by atoms with van der Waals surface area (Å²) in [6.07, 6.45) is 0.841. The summed E-state index contributed by atoms with van der Waals surface area (Å²) in [5.74, 6) is 0.251. The number of hydrogen-bond donors (Lipinski definition) is 1. The molecule has 0 amide bonds. The molecule has 1 aliphatic rings. The molecule has 2 atom stereocenters. The maximum atomic E-state index is 12.5. The van der Waals surface area contributed by atoms with Crippen molar-refractivity contribution in [2.24, 2.45) is 11.7 Å². The number of rotatable bonds is 2. The summed E-state index contributed by atoms with van der Waals surface area (Å²) in [7, 11) is -3.56. The Kier molecular flexibility index (Phi) is 4.42. The molecule has 106 valence electrons. The topological polar surface area (TPSA) is 63.4 Å². The van der Waals surface area contributed by atoms with Crippen molar-refractivity contribution in [2.75, 3.05) is 13.1 Å². The third-order valence-electron chi connectivity index (χ3n) is 3.19. The minimum atomic E-state index is -3.56. The predicted molar refractivity (Wildman–Crippen MR) is 77.0 cm³/mol. The molecule has 4 nitrogen and oxygen atoms in total. The second kappa shape index (κ2) is 5.58. The Morgan fingerprint density at radius 2 is 1.95 bits per heavy atom. The second-order valence-corrected chi connectivity index (χ2v) is 7.75. The molecule has 0 radical (unpaired) electrons. The fourth-order valence-corrected chi connectivity index (χ4v) is 4.34. The van der Waals surface area contributed by atoms with E-state index in [-0.39, 0.29) is 21.9 Å². The first kappa shape index (κ1) is 15.1. The van der Waals surface area contributed by atoms with Gasteiger partial charge in [0.2, 0.25) is 10.0 Å². The van der Waals surface area contributed by atoms with E-state index in [9.17, 15) is 8.42 Å². The monoisotopic (exact) mass is 322 g/mol. The van der Waals surface area contributed by atoms with E-state index < -0.39 is 10.0 Å². The lowest BCUT2D eigenvalue weighted by molar-refractivity contribution is 0.254. The van der Waals surface area contributed by atoms with Crippen LogP contribution in [0.25, 0.3) is 0 Å². The third-order valence-corrected chi connectivity index (χ3v) is 5.75. The molecule has 0 aliphatic carbocycles. The standard InChI is InChI=1S/C12H16Cl2N2O2S/c1-8-4-9(15)7-16(6-8)19(17,18)10-2-3-11(13)12(14)5-10/h2-3,5,8-9H,4,6-7,15H2,1H3. The van der Waals surface area contributed by atoms with Crippen LogP contribution in [-0.4, -0.2) is 31.9 Å². The Labute approximate surface area is 123 Å². The van der Waals surface area contributed by atoms with Gasteiger partial charge in [-0.2, -0.15) is 4.31 Å². The van der Waals surface area contributed by atoms with Gasteiger partial charge in [0.25, 0.3) is 0 Å². The highest BCUT2D eigenvalue weighted by Gasteiger charge is 2.32. The average molecular weight is 323 g/mol. The summed E-state index contributed by atoms with van der Waals surface area (Å²) in [5, 5.41) is 0.571. The van der Waals surface area contributed by atoms with Crippen LogP contribution < -0.4 is 5.73 Å². The van der Waals surface area contributed by atoms with Crippen LogP contribution in [-0.2, 0) is 10.0 Å². The predicted octanol–water partition coefficient (Wildman–Crippen LogP) is 2.35. The van der Waals surface area contributed by atoms with Crippen LogP contribution in [0.5, 0.6) is 0 Å². The fraction of sp³-hybridized carbons (Fsp3) is 0.500. The van der Waals surface area contributed by atoms with Gasteiger partial charge in [0, 0.05) is 19.1 Å². The summed E-state index contributed by atoms with van der Waals surface area (Å²) in [6, 6.07) is 4.21. The SMILES string of the molecule is CC1CC(N)CN(S(=O)(=O)c2ccc(Cl)c(Cl)c2)C1. The number of nitrogens with zero attached hydrogens (tertiary/aromatic N) is 1. The average Bonchev–Trinajstić information content (AvgIpc) is 2.31. The van der Waals surface area contributed by atoms with E-state index in [0.29, 0.717) is 18.1 Å². The zero-order valence-corrected chi connectivity index (χ0v) is 12.8. The molecule has 0 saturated carbocycles. The Balaban J connectivity index is 2.33. The van der Waals surface area contributed by atoms with E-state index in [4.69, 9.17) is 28.9 Å². The van der Waals surface area contributed by atoms with Crippen molar-refractivity contribution >= 4 is 33.2 Å². The molecule has 2 unspecified atom stereocenters. The molecule has 1 fully saturated rings. The van der Waals surface area contributed by atoms with Crippen molar-refractivity contribution in [1.82, 2.24) is 4.31 Å². The Hall–Kier alpha value is -0.330.